The molecule has 2 N–H and O–H groups in total. The van der Waals surface area contributed by atoms with E-state index in [0.717, 1.165) is 12.1 Å². The molecular weight excluding hydrogens is 246 g/mol. The summed E-state index contributed by atoms with van der Waals surface area (Å²) in [7, 11) is 0. The van der Waals surface area contributed by atoms with Gasteiger partial charge in [0.05, 0.1) is 6.61 Å². The Balaban J connectivity index is 2.95. The summed E-state index contributed by atoms with van der Waals surface area (Å²) in [5.74, 6) is -2.41. The van der Waals surface area contributed by atoms with Gasteiger partial charge in [-0.1, -0.05) is 13.0 Å². The van der Waals surface area contributed by atoms with Crippen LogP contribution in [0, 0.1) is 11.6 Å². The summed E-state index contributed by atoms with van der Waals surface area (Å²) in [6.07, 6.45) is 0.0907. The molecule has 1 aromatic carbocycles. The van der Waals surface area contributed by atoms with E-state index in [4.69, 9.17) is 5.11 Å². The number of hydrogen-bond donors (Lipinski definition) is 2. The van der Waals surface area contributed by atoms with Gasteiger partial charge in [-0.25, -0.2) is 8.78 Å². The Morgan fingerprint density at radius 2 is 2.11 bits per heavy atom. The third-order valence-electron chi connectivity index (χ3n) is 2.45. The number of carbonyl (C=O) groups is 1. The Kier molecular flexibility index (Phi) is 4.75. The quantitative estimate of drug-likeness (QED) is 0.778. The van der Waals surface area contributed by atoms with E-state index in [0.29, 0.717) is 6.07 Å². The molecule has 0 fully saturated rings. The highest BCUT2D eigenvalue weighted by Gasteiger charge is 2.33. The van der Waals surface area contributed by atoms with Crippen molar-refractivity contribution in [1.29, 1.82) is 0 Å². The predicted molar refractivity (Wildman–Crippen MR) is 58.6 cm³/mol. The monoisotopic (exact) mass is 260 g/mol. The lowest BCUT2D eigenvalue weighted by atomic mass is 9.95. The van der Waals surface area contributed by atoms with Crippen molar-refractivity contribution in [2.45, 2.75) is 18.9 Å². The molecule has 0 spiro atoms. The Hall–Kier alpha value is -1.53. The van der Waals surface area contributed by atoms with Crippen molar-refractivity contribution in [3.8, 4) is 0 Å². The Labute approximate surface area is 103 Å². The summed E-state index contributed by atoms with van der Waals surface area (Å²) in [5, 5.41) is 19.1. The number of ether oxygens (including phenoxy) is 1. The van der Waals surface area contributed by atoms with Crippen molar-refractivity contribution in [3.05, 3.63) is 35.4 Å². The number of hydrogen-bond acceptors (Lipinski definition) is 4. The Morgan fingerprint density at radius 1 is 1.44 bits per heavy atom. The number of esters is 1. The number of benzene rings is 1. The SMILES string of the molecule is CCC(=O)OC[C@](O)(CO)c1ccc(F)cc1F. The standard InChI is InChI=1S/C12H14F2O4/c1-2-11(16)18-7-12(17,6-15)9-4-3-8(13)5-10(9)14/h3-5,15,17H,2,6-7H2,1H3/t12-/m1/s1. The van der Waals surface area contributed by atoms with Crippen LogP contribution in [-0.2, 0) is 15.1 Å². The van der Waals surface area contributed by atoms with Crippen molar-refractivity contribution in [3.63, 3.8) is 0 Å². The summed E-state index contributed by atoms with van der Waals surface area (Å²) in [5.41, 5.74) is -2.40. The van der Waals surface area contributed by atoms with Crippen LogP contribution in [-0.4, -0.2) is 29.4 Å². The molecule has 18 heavy (non-hydrogen) atoms. The van der Waals surface area contributed by atoms with Gasteiger partial charge in [0.25, 0.3) is 0 Å². The van der Waals surface area contributed by atoms with Crippen LogP contribution in [0.2, 0.25) is 0 Å². The van der Waals surface area contributed by atoms with Gasteiger partial charge in [0.15, 0.2) is 0 Å². The lowest BCUT2D eigenvalue weighted by Gasteiger charge is -2.26. The third-order valence-corrected chi connectivity index (χ3v) is 2.45. The maximum atomic E-state index is 13.5. The third kappa shape index (κ3) is 3.24. The van der Waals surface area contributed by atoms with Crippen LogP contribution in [0.25, 0.3) is 0 Å². The summed E-state index contributed by atoms with van der Waals surface area (Å²) in [6, 6.07) is 2.53. The number of halogens is 2. The zero-order chi connectivity index (χ0) is 13.8. The fourth-order valence-electron chi connectivity index (χ4n) is 1.38. The molecule has 0 aliphatic heterocycles. The molecule has 0 radical (unpaired) electrons. The molecule has 4 nitrogen and oxygen atoms in total. The molecule has 0 aliphatic carbocycles. The van der Waals surface area contributed by atoms with Gasteiger partial charge in [-0.15, -0.1) is 0 Å². The fourth-order valence-corrected chi connectivity index (χ4v) is 1.38. The van der Waals surface area contributed by atoms with Crippen LogP contribution < -0.4 is 0 Å². The largest absolute Gasteiger partial charge is 0.462 e. The molecule has 0 aliphatic rings. The van der Waals surface area contributed by atoms with Gasteiger partial charge in [0.1, 0.15) is 23.8 Å². The van der Waals surface area contributed by atoms with E-state index in [1.165, 1.54) is 0 Å². The van der Waals surface area contributed by atoms with Crippen LogP contribution in [0.3, 0.4) is 0 Å². The van der Waals surface area contributed by atoms with Gasteiger partial charge in [0, 0.05) is 18.1 Å². The lowest BCUT2D eigenvalue weighted by Crippen LogP contribution is -2.37. The first-order valence-electron chi connectivity index (χ1n) is 5.37. The molecule has 0 heterocycles. The summed E-state index contributed by atoms with van der Waals surface area (Å²) >= 11 is 0. The van der Waals surface area contributed by atoms with E-state index in [1.54, 1.807) is 6.92 Å². The average molecular weight is 260 g/mol. The summed E-state index contributed by atoms with van der Waals surface area (Å²) in [4.78, 5) is 11.0. The second-order valence-electron chi connectivity index (χ2n) is 3.83. The topological polar surface area (TPSA) is 66.8 Å². The molecule has 0 saturated carbocycles. The number of aliphatic hydroxyl groups is 2. The van der Waals surface area contributed by atoms with E-state index in [2.05, 4.69) is 4.74 Å². The molecule has 6 heteroatoms. The average Bonchev–Trinajstić information content (AvgIpc) is 2.35. The van der Waals surface area contributed by atoms with E-state index < -0.39 is 36.4 Å². The van der Waals surface area contributed by atoms with Gasteiger partial charge >= 0.3 is 5.97 Å². The highest BCUT2D eigenvalue weighted by Crippen LogP contribution is 2.24. The van der Waals surface area contributed by atoms with Crippen LogP contribution in [0.4, 0.5) is 8.78 Å². The van der Waals surface area contributed by atoms with Gasteiger partial charge in [0.2, 0.25) is 0 Å². The zero-order valence-electron chi connectivity index (χ0n) is 9.82. The van der Waals surface area contributed by atoms with Gasteiger partial charge in [-0.05, 0) is 6.07 Å². The maximum absolute atomic E-state index is 13.5. The molecule has 1 atom stereocenters. The van der Waals surface area contributed by atoms with Crippen LogP contribution in [0.5, 0.6) is 0 Å². The van der Waals surface area contributed by atoms with E-state index in [1.807, 2.05) is 0 Å². The molecule has 0 aromatic heterocycles. The maximum Gasteiger partial charge on any atom is 0.305 e. The molecule has 0 amide bonds. The Bertz CT molecular complexity index is 436. The van der Waals surface area contributed by atoms with Gasteiger partial charge in [-0.3, -0.25) is 4.79 Å². The zero-order valence-corrected chi connectivity index (χ0v) is 9.82. The smallest absolute Gasteiger partial charge is 0.305 e. The van der Waals surface area contributed by atoms with Crippen molar-refractivity contribution in [2.24, 2.45) is 0 Å². The first kappa shape index (κ1) is 14.5. The van der Waals surface area contributed by atoms with Crippen molar-refractivity contribution < 1.29 is 28.5 Å². The lowest BCUT2D eigenvalue weighted by molar-refractivity contribution is -0.154. The molecule has 1 aromatic rings. The molecule has 0 bridgehead atoms. The molecule has 0 saturated heterocycles. The van der Waals surface area contributed by atoms with Crippen molar-refractivity contribution in [2.75, 3.05) is 13.2 Å². The second kappa shape index (κ2) is 5.88. The predicted octanol–water partition coefficient (Wildman–Crippen LogP) is 1.10. The van der Waals surface area contributed by atoms with Crippen molar-refractivity contribution in [1.82, 2.24) is 0 Å². The minimum Gasteiger partial charge on any atom is -0.462 e. The minimum atomic E-state index is -2.08. The van der Waals surface area contributed by atoms with Crippen LogP contribution >= 0.6 is 0 Å². The summed E-state index contributed by atoms with van der Waals surface area (Å²) in [6.45, 7) is 0.101. The summed E-state index contributed by atoms with van der Waals surface area (Å²) < 4.78 is 30.9. The van der Waals surface area contributed by atoms with Gasteiger partial charge in [-0.2, -0.15) is 0 Å². The number of carbonyl (C=O) groups excluding carboxylic acids is 1. The minimum absolute atomic E-state index is 0.0907. The first-order chi connectivity index (χ1) is 8.42. The highest BCUT2D eigenvalue weighted by atomic mass is 19.1. The normalized spacial score (nSPS) is 14.1. The van der Waals surface area contributed by atoms with E-state index in [-0.39, 0.29) is 12.0 Å². The fraction of sp³-hybridized carbons (Fsp3) is 0.417. The number of aliphatic hydroxyl groups excluding tert-OH is 1. The number of rotatable bonds is 5. The Morgan fingerprint density at radius 3 is 2.61 bits per heavy atom. The molecule has 100 valence electrons. The molecule has 0 unspecified atom stereocenters. The molecule has 1 rings (SSSR count). The van der Waals surface area contributed by atoms with Crippen LogP contribution in [0.15, 0.2) is 18.2 Å². The first-order valence-corrected chi connectivity index (χ1v) is 5.37. The second-order valence-corrected chi connectivity index (χ2v) is 3.83. The molecular formula is C12H14F2O4. The van der Waals surface area contributed by atoms with Crippen LogP contribution in [0.1, 0.15) is 18.9 Å². The van der Waals surface area contributed by atoms with E-state index in [9.17, 15) is 18.7 Å². The van der Waals surface area contributed by atoms with E-state index >= 15 is 0 Å². The van der Waals surface area contributed by atoms with Gasteiger partial charge < -0.3 is 14.9 Å². The van der Waals surface area contributed by atoms with Crippen molar-refractivity contribution >= 4 is 5.97 Å². The highest BCUT2D eigenvalue weighted by molar-refractivity contribution is 5.68.